The molecule has 1 amide bonds. The number of nitrogens with two attached hydrogens (primary N) is 1. The normalized spacial score (nSPS) is 10.6. The summed E-state index contributed by atoms with van der Waals surface area (Å²) >= 11 is 0. The van der Waals surface area contributed by atoms with Gasteiger partial charge in [-0.05, 0) is 30.8 Å². The van der Waals surface area contributed by atoms with Crippen molar-refractivity contribution < 1.29 is 4.79 Å². The fourth-order valence-electron chi connectivity index (χ4n) is 1.53. The van der Waals surface area contributed by atoms with Gasteiger partial charge in [0.2, 0.25) is 5.91 Å². The minimum atomic E-state index is -0.364. The summed E-state index contributed by atoms with van der Waals surface area (Å²) < 4.78 is 0. The molecule has 0 saturated carbocycles. The van der Waals surface area contributed by atoms with E-state index in [1.54, 1.807) is 6.07 Å². The summed E-state index contributed by atoms with van der Waals surface area (Å²) in [6.07, 6.45) is 0. The summed E-state index contributed by atoms with van der Waals surface area (Å²) in [7, 11) is 0. The van der Waals surface area contributed by atoms with E-state index in [1.807, 2.05) is 18.2 Å². The van der Waals surface area contributed by atoms with E-state index in [9.17, 15) is 4.79 Å². The Morgan fingerprint density at radius 2 is 2.00 bits per heavy atom. The highest BCUT2D eigenvalue weighted by Gasteiger charge is 2.04. The molecule has 0 aliphatic carbocycles. The van der Waals surface area contributed by atoms with Crippen molar-refractivity contribution in [3.8, 4) is 0 Å². The lowest BCUT2D eigenvalue weighted by molar-refractivity contribution is 0.1000. The molecule has 0 bridgehead atoms. The summed E-state index contributed by atoms with van der Waals surface area (Å²) in [6.45, 7) is 7.14. The van der Waals surface area contributed by atoms with Crippen molar-refractivity contribution in [2.75, 3.05) is 13.1 Å². The topological polar surface area (TPSA) is 46.3 Å². The number of nitrogens with zero attached hydrogens (tertiary/aromatic N) is 1. The molecule has 82 valence electrons. The van der Waals surface area contributed by atoms with Crippen LogP contribution in [0, 0.1) is 0 Å². The number of hydrogen-bond acceptors (Lipinski definition) is 2. The van der Waals surface area contributed by atoms with Gasteiger partial charge < -0.3 is 5.73 Å². The molecule has 3 heteroatoms. The van der Waals surface area contributed by atoms with Gasteiger partial charge in [0, 0.05) is 12.1 Å². The van der Waals surface area contributed by atoms with Crippen molar-refractivity contribution >= 4 is 5.91 Å². The van der Waals surface area contributed by atoms with Crippen LogP contribution in [0.5, 0.6) is 0 Å². The van der Waals surface area contributed by atoms with E-state index in [4.69, 9.17) is 5.73 Å². The number of carbonyl (C=O) groups is 1. The van der Waals surface area contributed by atoms with Gasteiger partial charge in [-0.3, -0.25) is 9.69 Å². The molecule has 0 unspecified atom stereocenters. The van der Waals surface area contributed by atoms with Gasteiger partial charge in [-0.15, -0.1) is 0 Å². The Hall–Kier alpha value is -1.35. The first kappa shape index (κ1) is 11.7. The smallest absolute Gasteiger partial charge is 0.248 e. The zero-order valence-corrected chi connectivity index (χ0v) is 9.36. The van der Waals surface area contributed by atoms with Crippen LogP contribution in [0.1, 0.15) is 29.8 Å². The number of primary amides is 1. The van der Waals surface area contributed by atoms with Gasteiger partial charge in [-0.2, -0.15) is 0 Å². The first-order valence-electron chi connectivity index (χ1n) is 5.28. The van der Waals surface area contributed by atoms with E-state index in [2.05, 4.69) is 18.7 Å². The van der Waals surface area contributed by atoms with Crippen LogP contribution in [0.25, 0.3) is 0 Å². The van der Waals surface area contributed by atoms with Gasteiger partial charge in [0.25, 0.3) is 0 Å². The van der Waals surface area contributed by atoms with Crippen LogP contribution in [0.4, 0.5) is 0 Å². The number of amides is 1. The molecule has 1 aromatic rings. The predicted molar refractivity (Wildman–Crippen MR) is 61.6 cm³/mol. The highest BCUT2D eigenvalue weighted by Crippen LogP contribution is 2.07. The molecule has 0 aliphatic heterocycles. The van der Waals surface area contributed by atoms with Crippen LogP contribution in [-0.2, 0) is 6.54 Å². The van der Waals surface area contributed by atoms with Gasteiger partial charge in [0.15, 0.2) is 0 Å². The molecule has 0 saturated heterocycles. The van der Waals surface area contributed by atoms with E-state index < -0.39 is 0 Å². The zero-order chi connectivity index (χ0) is 11.3. The highest BCUT2D eigenvalue weighted by molar-refractivity contribution is 5.92. The Bertz CT molecular complexity index is 332. The van der Waals surface area contributed by atoms with Crippen LogP contribution in [0.3, 0.4) is 0 Å². The Labute approximate surface area is 90.9 Å². The molecule has 2 N–H and O–H groups in total. The monoisotopic (exact) mass is 206 g/mol. The molecule has 0 fully saturated rings. The lowest BCUT2D eigenvalue weighted by Crippen LogP contribution is -2.22. The summed E-state index contributed by atoms with van der Waals surface area (Å²) in [5, 5.41) is 0. The second kappa shape index (κ2) is 5.51. The van der Waals surface area contributed by atoms with Gasteiger partial charge >= 0.3 is 0 Å². The van der Waals surface area contributed by atoms with Crippen molar-refractivity contribution in [2.45, 2.75) is 20.4 Å². The van der Waals surface area contributed by atoms with Gasteiger partial charge in [0.05, 0.1) is 0 Å². The third-order valence-corrected chi connectivity index (χ3v) is 2.51. The van der Waals surface area contributed by atoms with Crippen molar-refractivity contribution in [3.63, 3.8) is 0 Å². The molecular formula is C12H18N2O. The van der Waals surface area contributed by atoms with Gasteiger partial charge in [-0.25, -0.2) is 0 Å². The van der Waals surface area contributed by atoms with E-state index >= 15 is 0 Å². The Balaban J connectivity index is 2.77. The van der Waals surface area contributed by atoms with Crippen LogP contribution in [0.2, 0.25) is 0 Å². The Kier molecular flexibility index (Phi) is 4.31. The van der Waals surface area contributed by atoms with Gasteiger partial charge in [0.1, 0.15) is 0 Å². The van der Waals surface area contributed by atoms with Crippen molar-refractivity contribution in [1.29, 1.82) is 0 Å². The maximum Gasteiger partial charge on any atom is 0.248 e. The van der Waals surface area contributed by atoms with E-state index in [0.717, 1.165) is 25.2 Å². The van der Waals surface area contributed by atoms with Crippen LogP contribution >= 0.6 is 0 Å². The maximum absolute atomic E-state index is 11.0. The molecule has 0 radical (unpaired) electrons. The maximum atomic E-state index is 11.0. The lowest BCUT2D eigenvalue weighted by atomic mass is 10.1. The number of rotatable bonds is 5. The third-order valence-electron chi connectivity index (χ3n) is 2.51. The summed E-state index contributed by atoms with van der Waals surface area (Å²) in [5.74, 6) is -0.364. The fourth-order valence-corrected chi connectivity index (χ4v) is 1.53. The minimum Gasteiger partial charge on any atom is -0.366 e. The molecule has 1 aromatic carbocycles. The van der Waals surface area contributed by atoms with Crippen LogP contribution < -0.4 is 5.73 Å². The molecule has 0 aliphatic rings. The standard InChI is InChI=1S/C12H18N2O/c1-3-14(4-2)9-10-6-5-7-11(8-10)12(13)15/h5-8H,3-4,9H2,1-2H3,(H2,13,15). The average molecular weight is 206 g/mol. The quantitative estimate of drug-likeness (QED) is 0.796. The summed E-state index contributed by atoms with van der Waals surface area (Å²) in [6, 6.07) is 7.50. The molecular weight excluding hydrogens is 188 g/mol. The highest BCUT2D eigenvalue weighted by atomic mass is 16.1. The molecule has 1 rings (SSSR count). The van der Waals surface area contributed by atoms with Crippen molar-refractivity contribution in [1.82, 2.24) is 4.90 Å². The van der Waals surface area contributed by atoms with E-state index in [1.165, 1.54) is 0 Å². The number of hydrogen-bond donors (Lipinski definition) is 1. The number of benzene rings is 1. The zero-order valence-electron chi connectivity index (χ0n) is 9.36. The second-order valence-corrected chi connectivity index (χ2v) is 3.53. The van der Waals surface area contributed by atoms with Gasteiger partial charge in [-0.1, -0.05) is 26.0 Å². The molecule has 0 aromatic heterocycles. The molecule has 0 heterocycles. The van der Waals surface area contributed by atoms with E-state index in [-0.39, 0.29) is 5.91 Å². The second-order valence-electron chi connectivity index (χ2n) is 3.53. The summed E-state index contributed by atoms with van der Waals surface area (Å²) in [5.41, 5.74) is 6.94. The van der Waals surface area contributed by atoms with Crippen LogP contribution in [0.15, 0.2) is 24.3 Å². The lowest BCUT2D eigenvalue weighted by Gasteiger charge is -2.18. The van der Waals surface area contributed by atoms with Crippen molar-refractivity contribution in [2.24, 2.45) is 5.73 Å². The van der Waals surface area contributed by atoms with Crippen molar-refractivity contribution in [3.05, 3.63) is 35.4 Å². The first-order valence-corrected chi connectivity index (χ1v) is 5.28. The summed E-state index contributed by atoms with van der Waals surface area (Å²) in [4.78, 5) is 13.3. The third kappa shape index (κ3) is 3.36. The Morgan fingerprint density at radius 3 is 2.53 bits per heavy atom. The molecule has 0 spiro atoms. The number of carbonyl (C=O) groups excluding carboxylic acids is 1. The molecule has 15 heavy (non-hydrogen) atoms. The van der Waals surface area contributed by atoms with E-state index in [0.29, 0.717) is 5.56 Å². The average Bonchev–Trinajstić information content (AvgIpc) is 2.26. The molecule has 0 atom stereocenters. The minimum absolute atomic E-state index is 0.364. The SMILES string of the molecule is CCN(CC)Cc1cccc(C(N)=O)c1. The first-order chi connectivity index (χ1) is 7.17. The Morgan fingerprint density at radius 1 is 1.33 bits per heavy atom. The molecule has 3 nitrogen and oxygen atoms in total. The fraction of sp³-hybridized carbons (Fsp3) is 0.417. The van der Waals surface area contributed by atoms with Crippen LogP contribution in [-0.4, -0.2) is 23.9 Å². The largest absolute Gasteiger partial charge is 0.366 e. The predicted octanol–water partition coefficient (Wildman–Crippen LogP) is 1.63.